The summed E-state index contributed by atoms with van der Waals surface area (Å²) in [4.78, 5) is 17.4. The maximum Gasteiger partial charge on any atom is 0.337 e. The van der Waals surface area contributed by atoms with Gasteiger partial charge in [-0.2, -0.15) is 11.8 Å². The fourth-order valence-electron chi connectivity index (χ4n) is 1.98. The zero-order valence-corrected chi connectivity index (χ0v) is 10.8. The van der Waals surface area contributed by atoms with E-state index in [0.29, 0.717) is 11.7 Å². The number of hydrogen-bond acceptors (Lipinski definition) is 4. The number of aromatic nitrogens is 1. The molecule has 4 nitrogen and oxygen atoms in total. The molecule has 1 fully saturated rings. The van der Waals surface area contributed by atoms with Crippen molar-refractivity contribution in [3.8, 4) is 0 Å². The Morgan fingerprint density at radius 1 is 1.59 bits per heavy atom. The molecule has 1 aromatic rings. The summed E-state index contributed by atoms with van der Waals surface area (Å²) in [5.41, 5.74) is 0.857. The summed E-state index contributed by atoms with van der Waals surface area (Å²) in [5, 5.41) is 8.95. The smallest absolute Gasteiger partial charge is 0.337 e. The van der Waals surface area contributed by atoms with E-state index in [2.05, 4.69) is 9.88 Å². The summed E-state index contributed by atoms with van der Waals surface area (Å²) >= 11 is 1.95. The maximum absolute atomic E-state index is 10.9. The molecule has 92 valence electrons. The molecule has 1 N–H and O–H groups in total. The minimum atomic E-state index is -0.916. The van der Waals surface area contributed by atoms with Gasteiger partial charge in [-0.05, 0) is 31.2 Å². The van der Waals surface area contributed by atoms with Crippen LogP contribution in [0.2, 0.25) is 0 Å². The second kappa shape index (κ2) is 4.96. The third kappa shape index (κ3) is 2.54. The number of carboxylic acid groups (broad SMARTS) is 1. The van der Waals surface area contributed by atoms with Crippen molar-refractivity contribution in [3.05, 3.63) is 23.4 Å². The molecule has 2 rings (SSSR count). The first-order chi connectivity index (χ1) is 8.09. The number of carboxylic acids is 1. The van der Waals surface area contributed by atoms with Gasteiger partial charge in [0.05, 0.1) is 11.3 Å². The normalized spacial score (nSPS) is 19.3. The van der Waals surface area contributed by atoms with Gasteiger partial charge in [-0.1, -0.05) is 0 Å². The van der Waals surface area contributed by atoms with Crippen LogP contribution in [0.5, 0.6) is 0 Å². The van der Waals surface area contributed by atoms with Gasteiger partial charge < -0.3 is 10.0 Å². The van der Waals surface area contributed by atoms with Crippen LogP contribution >= 0.6 is 11.8 Å². The Morgan fingerprint density at radius 2 is 2.35 bits per heavy atom. The van der Waals surface area contributed by atoms with Crippen LogP contribution < -0.4 is 4.90 Å². The van der Waals surface area contributed by atoms with Crippen LogP contribution in [0.1, 0.15) is 22.5 Å². The Kier molecular flexibility index (Phi) is 3.57. The number of anilines is 1. The van der Waals surface area contributed by atoms with E-state index in [1.807, 2.05) is 18.8 Å². The lowest BCUT2D eigenvalue weighted by atomic mass is 10.2. The number of thioether (sulfide) groups is 1. The zero-order valence-electron chi connectivity index (χ0n) is 10.0. The lowest BCUT2D eigenvalue weighted by Gasteiger charge is -2.25. The van der Waals surface area contributed by atoms with Crippen molar-refractivity contribution in [1.29, 1.82) is 0 Å². The minimum Gasteiger partial charge on any atom is -0.478 e. The fraction of sp³-hybridized carbons (Fsp3) is 0.500. The van der Waals surface area contributed by atoms with Crippen LogP contribution in [-0.4, -0.2) is 40.7 Å². The molecular weight excluding hydrogens is 236 g/mol. The predicted octanol–water partition coefficient (Wildman–Crippen LogP) is 2.03. The number of pyridine rings is 1. The quantitative estimate of drug-likeness (QED) is 0.892. The molecule has 1 unspecified atom stereocenters. The van der Waals surface area contributed by atoms with Crippen LogP contribution in [0.15, 0.2) is 12.1 Å². The van der Waals surface area contributed by atoms with Gasteiger partial charge in [0.15, 0.2) is 0 Å². The molecule has 0 bridgehead atoms. The second-order valence-electron chi connectivity index (χ2n) is 4.24. The van der Waals surface area contributed by atoms with Crippen LogP contribution in [0, 0.1) is 6.92 Å². The highest BCUT2D eigenvalue weighted by Gasteiger charge is 2.21. The van der Waals surface area contributed by atoms with E-state index in [0.717, 1.165) is 11.6 Å². The first-order valence-corrected chi connectivity index (χ1v) is 6.76. The third-order valence-corrected chi connectivity index (χ3v) is 4.26. The summed E-state index contributed by atoms with van der Waals surface area (Å²) in [7, 11) is 2.03. The van der Waals surface area contributed by atoms with E-state index in [9.17, 15) is 4.79 Å². The van der Waals surface area contributed by atoms with Gasteiger partial charge >= 0.3 is 5.97 Å². The summed E-state index contributed by atoms with van der Waals surface area (Å²) in [6.07, 6.45) is 1.17. The van der Waals surface area contributed by atoms with Crippen molar-refractivity contribution >= 4 is 23.5 Å². The number of nitrogens with zero attached hydrogens (tertiary/aromatic N) is 2. The van der Waals surface area contributed by atoms with Crippen LogP contribution in [0.4, 0.5) is 5.82 Å². The SMILES string of the molecule is Cc1nc(N(C)C2CCSC2)ccc1C(=O)O. The Bertz CT molecular complexity index is 431. The Morgan fingerprint density at radius 3 is 2.88 bits per heavy atom. The molecule has 5 heteroatoms. The average Bonchev–Trinajstić information content (AvgIpc) is 2.80. The molecular formula is C12H16N2O2S. The zero-order chi connectivity index (χ0) is 12.4. The van der Waals surface area contributed by atoms with E-state index >= 15 is 0 Å². The van der Waals surface area contributed by atoms with E-state index in [4.69, 9.17) is 5.11 Å². The number of rotatable bonds is 3. The average molecular weight is 252 g/mol. The highest BCUT2D eigenvalue weighted by Crippen LogP contribution is 2.25. The van der Waals surface area contributed by atoms with Crippen molar-refractivity contribution in [2.24, 2.45) is 0 Å². The summed E-state index contributed by atoms with van der Waals surface area (Å²) < 4.78 is 0. The molecule has 1 atom stereocenters. The van der Waals surface area contributed by atoms with Crippen molar-refractivity contribution < 1.29 is 9.90 Å². The van der Waals surface area contributed by atoms with Crippen molar-refractivity contribution in [1.82, 2.24) is 4.98 Å². The van der Waals surface area contributed by atoms with Crippen molar-refractivity contribution in [3.63, 3.8) is 0 Å². The molecule has 0 aliphatic carbocycles. The van der Waals surface area contributed by atoms with E-state index < -0.39 is 5.97 Å². The molecule has 0 amide bonds. The molecule has 0 saturated carbocycles. The lowest BCUT2D eigenvalue weighted by Crippen LogP contribution is -2.32. The maximum atomic E-state index is 10.9. The molecule has 0 aromatic carbocycles. The number of carbonyl (C=O) groups is 1. The molecule has 0 radical (unpaired) electrons. The van der Waals surface area contributed by atoms with Gasteiger partial charge in [0.25, 0.3) is 0 Å². The molecule has 0 spiro atoms. The van der Waals surface area contributed by atoms with Gasteiger partial charge in [-0.3, -0.25) is 0 Å². The van der Waals surface area contributed by atoms with Gasteiger partial charge in [0, 0.05) is 18.8 Å². The predicted molar refractivity (Wildman–Crippen MR) is 70.1 cm³/mol. The fourth-order valence-corrected chi connectivity index (χ4v) is 3.25. The van der Waals surface area contributed by atoms with Crippen LogP contribution in [0.3, 0.4) is 0 Å². The van der Waals surface area contributed by atoms with E-state index in [1.54, 1.807) is 19.1 Å². The van der Waals surface area contributed by atoms with Crippen molar-refractivity contribution in [2.75, 3.05) is 23.5 Å². The van der Waals surface area contributed by atoms with Gasteiger partial charge in [0.2, 0.25) is 0 Å². The first kappa shape index (κ1) is 12.2. The highest BCUT2D eigenvalue weighted by molar-refractivity contribution is 7.99. The molecule has 1 aliphatic rings. The molecule has 17 heavy (non-hydrogen) atoms. The second-order valence-corrected chi connectivity index (χ2v) is 5.39. The number of aryl methyl sites for hydroxylation is 1. The minimum absolute atomic E-state index is 0.281. The van der Waals surface area contributed by atoms with Gasteiger partial charge in [-0.15, -0.1) is 0 Å². The standard InChI is InChI=1S/C12H16N2O2S/c1-8-10(12(15)16)3-4-11(13-8)14(2)9-5-6-17-7-9/h3-4,9H,5-7H2,1-2H3,(H,15,16). The van der Waals surface area contributed by atoms with Crippen LogP contribution in [-0.2, 0) is 0 Å². The lowest BCUT2D eigenvalue weighted by molar-refractivity contribution is 0.0695. The van der Waals surface area contributed by atoms with Gasteiger partial charge in [0.1, 0.15) is 5.82 Å². The molecule has 2 heterocycles. The highest BCUT2D eigenvalue weighted by atomic mass is 32.2. The molecule has 1 aromatic heterocycles. The van der Waals surface area contributed by atoms with Crippen molar-refractivity contribution in [2.45, 2.75) is 19.4 Å². The molecule has 1 aliphatic heterocycles. The third-order valence-electron chi connectivity index (χ3n) is 3.12. The monoisotopic (exact) mass is 252 g/mol. The molecule has 1 saturated heterocycles. The largest absolute Gasteiger partial charge is 0.478 e. The summed E-state index contributed by atoms with van der Waals surface area (Å²) in [6.45, 7) is 1.74. The van der Waals surface area contributed by atoms with Gasteiger partial charge in [-0.25, -0.2) is 9.78 Å². The Hall–Kier alpha value is -1.23. The Balaban J connectivity index is 2.21. The first-order valence-electron chi connectivity index (χ1n) is 5.61. The number of aromatic carboxylic acids is 1. The van der Waals surface area contributed by atoms with Crippen LogP contribution in [0.25, 0.3) is 0 Å². The topological polar surface area (TPSA) is 53.4 Å². The van der Waals surface area contributed by atoms with E-state index in [1.165, 1.54) is 12.2 Å². The van der Waals surface area contributed by atoms with E-state index in [-0.39, 0.29) is 5.56 Å². The summed E-state index contributed by atoms with van der Waals surface area (Å²) in [5.74, 6) is 2.26. The Labute approximate surface area is 105 Å². The number of hydrogen-bond donors (Lipinski definition) is 1. The summed E-state index contributed by atoms with van der Waals surface area (Å²) in [6, 6.07) is 3.94.